The smallest absolute Gasteiger partial charge is 0.320 e. The van der Waals surface area contributed by atoms with Gasteiger partial charge in [-0.3, -0.25) is 14.6 Å². The minimum atomic E-state index is -1.15. The zero-order valence-corrected chi connectivity index (χ0v) is 14.3. The SMILES string of the molecule is CC1CCCCN1C(=O)C(C(=O)O)c1ccc(-c2ccccn2)cc1. The average molecular weight is 338 g/mol. The molecule has 1 aliphatic heterocycles. The number of nitrogens with zero attached hydrogens (tertiary/aromatic N) is 2. The van der Waals surface area contributed by atoms with E-state index in [1.807, 2.05) is 37.3 Å². The quantitative estimate of drug-likeness (QED) is 0.868. The van der Waals surface area contributed by atoms with Crippen LogP contribution in [0.2, 0.25) is 0 Å². The molecule has 2 aromatic rings. The molecule has 2 heterocycles. The Kier molecular flexibility index (Phi) is 5.12. The number of carboxylic acids is 1. The topological polar surface area (TPSA) is 70.5 Å². The molecule has 0 aliphatic carbocycles. The standard InChI is InChI=1S/C20H22N2O3/c1-14-6-3-5-13-22(14)19(23)18(20(24)25)16-10-8-15(9-11-16)17-7-2-4-12-21-17/h2,4,7-12,14,18H,3,5-6,13H2,1H3,(H,24,25). The van der Waals surface area contributed by atoms with Crippen LogP contribution in [0.4, 0.5) is 0 Å². The first-order valence-electron chi connectivity index (χ1n) is 8.62. The molecule has 0 radical (unpaired) electrons. The second-order valence-electron chi connectivity index (χ2n) is 6.48. The van der Waals surface area contributed by atoms with E-state index in [0.717, 1.165) is 30.5 Å². The number of rotatable bonds is 4. The molecule has 1 aromatic heterocycles. The summed E-state index contributed by atoms with van der Waals surface area (Å²) in [5.74, 6) is -2.57. The molecular formula is C20H22N2O3. The van der Waals surface area contributed by atoms with Gasteiger partial charge in [0.25, 0.3) is 0 Å². The Morgan fingerprint density at radius 2 is 1.92 bits per heavy atom. The highest BCUT2D eigenvalue weighted by Gasteiger charge is 2.35. The second kappa shape index (κ2) is 7.47. The third-order valence-corrected chi connectivity index (χ3v) is 4.78. The second-order valence-corrected chi connectivity index (χ2v) is 6.48. The number of benzene rings is 1. The number of carboxylic acid groups (broad SMARTS) is 1. The molecule has 1 saturated heterocycles. The lowest BCUT2D eigenvalue weighted by Crippen LogP contribution is -2.46. The highest BCUT2D eigenvalue weighted by Crippen LogP contribution is 2.26. The Morgan fingerprint density at radius 1 is 1.16 bits per heavy atom. The lowest BCUT2D eigenvalue weighted by Gasteiger charge is -2.35. The van der Waals surface area contributed by atoms with E-state index in [1.54, 1.807) is 23.2 Å². The maximum absolute atomic E-state index is 12.8. The summed E-state index contributed by atoms with van der Waals surface area (Å²) in [5.41, 5.74) is 2.22. The predicted molar refractivity (Wildman–Crippen MR) is 95.1 cm³/mol. The van der Waals surface area contributed by atoms with Crippen molar-refractivity contribution in [2.45, 2.75) is 38.1 Å². The summed E-state index contributed by atoms with van der Waals surface area (Å²) < 4.78 is 0. The Balaban J connectivity index is 1.85. The maximum atomic E-state index is 12.8. The van der Waals surface area contributed by atoms with E-state index in [4.69, 9.17) is 0 Å². The van der Waals surface area contributed by atoms with Crippen LogP contribution in [0.25, 0.3) is 11.3 Å². The van der Waals surface area contributed by atoms with Gasteiger partial charge in [-0.15, -0.1) is 0 Å². The molecule has 5 nitrogen and oxygen atoms in total. The van der Waals surface area contributed by atoms with Gasteiger partial charge in [0, 0.05) is 24.3 Å². The van der Waals surface area contributed by atoms with Crippen molar-refractivity contribution in [2.75, 3.05) is 6.54 Å². The van der Waals surface area contributed by atoms with Crippen LogP contribution in [-0.2, 0) is 9.59 Å². The van der Waals surface area contributed by atoms with Crippen molar-refractivity contribution in [3.05, 3.63) is 54.2 Å². The normalized spacial score (nSPS) is 18.6. The number of pyridine rings is 1. The van der Waals surface area contributed by atoms with Crippen molar-refractivity contribution in [1.82, 2.24) is 9.88 Å². The van der Waals surface area contributed by atoms with Crippen LogP contribution < -0.4 is 0 Å². The summed E-state index contributed by atoms with van der Waals surface area (Å²) in [5, 5.41) is 9.64. The number of carbonyl (C=O) groups is 2. The van der Waals surface area contributed by atoms with E-state index in [-0.39, 0.29) is 11.9 Å². The molecule has 2 atom stereocenters. The van der Waals surface area contributed by atoms with Gasteiger partial charge < -0.3 is 10.0 Å². The molecule has 1 aliphatic rings. The lowest BCUT2D eigenvalue weighted by atomic mass is 9.93. The summed E-state index contributed by atoms with van der Waals surface area (Å²) in [6.07, 6.45) is 4.66. The van der Waals surface area contributed by atoms with Crippen molar-refractivity contribution in [3.8, 4) is 11.3 Å². The van der Waals surface area contributed by atoms with E-state index in [1.165, 1.54) is 0 Å². The van der Waals surface area contributed by atoms with Crippen LogP contribution >= 0.6 is 0 Å². The molecule has 0 bridgehead atoms. The molecule has 1 amide bonds. The molecule has 1 fully saturated rings. The summed E-state index contributed by atoms with van der Waals surface area (Å²) in [7, 11) is 0. The van der Waals surface area contributed by atoms with Crippen molar-refractivity contribution in [1.29, 1.82) is 0 Å². The van der Waals surface area contributed by atoms with Gasteiger partial charge in [-0.25, -0.2) is 0 Å². The van der Waals surface area contributed by atoms with E-state index < -0.39 is 11.9 Å². The number of hydrogen-bond donors (Lipinski definition) is 1. The Hall–Kier alpha value is -2.69. The average Bonchev–Trinajstić information content (AvgIpc) is 2.63. The molecule has 2 unspecified atom stereocenters. The van der Waals surface area contributed by atoms with Gasteiger partial charge in [0.15, 0.2) is 5.92 Å². The number of hydrogen-bond acceptors (Lipinski definition) is 3. The fourth-order valence-corrected chi connectivity index (χ4v) is 3.36. The molecule has 0 spiro atoms. The zero-order valence-electron chi connectivity index (χ0n) is 14.3. The summed E-state index contributed by atoms with van der Waals surface area (Å²) in [6.45, 7) is 2.62. The molecule has 3 rings (SSSR count). The molecule has 0 saturated carbocycles. The Bertz CT molecular complexity index is 743. The number of carbonyl (C=O) groups excluding carboxylic acids is 1. The first kappa shape index (κ1) is 17.1. The molecular weight excluding hydrogens is 316 g/mol. The molecule has 25 heavy (non-hydrogen) atoms. The highest BCUT2D eigenvalue weighted by molar-refractivity contribution is 6.02. The Labute approximate surface area is 147 Å². The van der Waals surface area contributed by atoms with Gasteiger partial charge in [-0.05, 0) is 43.9 Å². The third kappa shape index (κ3) is 3.71. The van der Waals surface area contributed by atoms with Crippen LogP contribution in [0.1, 0.15) is 37.7 Å². The van der Waals surface area contributed by atoms with Crippen molar-refractivity contribution in [2.24, 2.45) is 0 Å². The summed E-state index contributed by atoms with van der Waals surface area (Å²) in [4.78, 5) is 30.6. The third-order valence-electron chi connectivity index (χ3n) is 4.78. The van der Waals surface area contributed by atoms with Crippen LogP contribution in [0, 0.1) is 0 Å². The summed E-state index contributed by atoms with van der Waals surface area (Å²) in [6, 6.07) is 12.8. The molecule has 1 aromatic carbocycles. The molecule has 130 valence electrons. The first-order chi connectivity index (χ1) is 12.1. The number of aliphatic carboxylic acids is 1. The number of aromatic nitrogens is 1. The van der Waals surface area contributed by atoms with Gasteiger partial charge in [0.05, 0.1) is 5.69 Å². The van der Waals surface area contributed by atoms with E-state index in [9.17, 15) is 14.7 Å². The van der Waals surface area contributed by atoms with Gasteiger partial charge in [0.1, 0.15) is 0 Å². The van der Waals surface area contributed by atoms with Crippen LogP contribution in [0.3, 0.4) is 0 Å². The van der Waals surface area contributed by atoms with E-state index >= 15 is 0 Å². The van der Waals surface area contributed by atoms with E-state index in [2.05, 4.69) is 4.98 Å². The number of amides is 1. The van der Waals surface area contributed by atoms with Crippen molar-refractivity contribution in [3.63, 3.8) is 0 Å². The maximum Gasteiger partial charge on any atom is 0.320 e. The van der Waals surface area contributed by atoms with Gasteiger partial charge >= 0.3 is 5.97 Å². The molecule has 1 N–H and O–H groups in total. The van der Waals surface area contributed by atoms with Crippen LogP contribution in [0.5, 0.6) is 0 Å². The van der Waals surface area contributed by atoms with E-state index in [0.29, 0.717) is 12.1 Å². The highest BCUT2D eigenvalue weighted by atomic mass is 16.4. The van der Waals surface area contributed by atoms with Crippen molar-refractivity contribution >= 4 is 11.9 Å². The largest absolute Gasteiger partial charge is 0.480 e. The minimum absolute atomic E-state index is 0.0934. The fraction of sp³-hybridized carbons (Fsp3) is 0.350. The summed E-state index contributed by atoms with van der Waals surface area (Å²) >= 11 is 0. The van der Waals surface area contributed by atoms with Gasteiger partial charge in [-0.1, -0.05) is 30.3 Å². The van der Waals surface area contributed by atoms with Gasteiger partial charge in [-0.2, -0.15) is 0 Å². The van der Waals surface area contributed by atoms with Crippen molar-refractivity contribution < 1.29 is 14.7 Å². The van der Waals surface area contributed by atoms with Crippen LogP contribution in [0.15, 0.2) is 48.7 Å². The molecule has 5 heteroatoms. The Morgan fingerprint density at radius 3 is 2.52 bits per heavy atom. The number of likely N-dealkylation sites (tertiary alicyclic amines) is 1. The monoisotopic (exact) mass is 338 g/mol. The lowest BCUT2D eigenvalue weighted by molar-refractivity contribution is -0.148. The predicted octanol–water partition coefficient (Wildman–Crippen LogP) is 3.32. The minimum Gasteiger partial charge on any atom is -0.480 e. The van der Waals surface area contributed by atoms with Gasteiger partial charge in [0.2, 0.25) is 5.91 Å². The zero-order chi connectivity index (χ0) is 17.8. The first-order valence-corrected chi connectivity index (χ1v) is 8.62. The number of piperidine rings is 1. The fourth-order valence-electron chi connectivity index (χ4n) is 3.36. The van der Waals surface area contributed by atoms with Crippen LogP contribution in [-0.4, -0.2) is 39.5 Å².